The first-order valence-electron chi connectivity index (χ1n) is 9.30. The third kappa shape index (κ3) is 7.84. The van der Waals surface area contributed by atoms with Gasteiger partial charge in [0.15, 0.2) is 0 Å². The second kappa shape index (κ2) is 12.5. The molecule has 0 bridgehead atoms. The summed E-state index contributed by atoms with van der Waals surface area (Å²) in [5.74, 6) is 0. The minimum atomic E-state index is 0.952. The van der Waals surface area contributed by atoms with Crippen LogP contribution in [0.5, 0.6) is 0 Å². The predicted molar refractivity (Wildman–Crippen MR) is 99.7 cm³/mol. The average Bonchev–Trinajstić information content (AvgIpc) is 2.55. The van der Waals surface area contributed by atoms with Crippen LogP contribution in [0.25, 0.3) is 0 Å². The molecule has 0 aliphatic heterocycles. The maximum Gasteiger partial charge on any atom is 0.0366 e. The van der Waals surface area contributed by atoms with Crippen LogP contribution in [0.15, 0.2) is 24.3 Å². The van der Waals surface area contributed by atoms with Crippen LogP contribution in [0.3, 0.4) is 0 Å². The van der Waals surface area contributed by atoms with E-state index in [0.29, 0.717) is 0 Å². The molecule has 1 N–H and O–H groups in total. The summed E-state index contributed by atoms with van der Waals surface area (Å²) in [6, 6.07) is 9.12. The summed E-state index contributed by atoms with van der Waals surface area (Å²) >= 11 is 0. The van der Waals surface area contributed by atoms with Crippen molar-refractivity contribution in [2.45, 2.75) is 71.8 Å². The van der Waals surface area contributed by atoms with Gasteiger partial charge in [-0.2, -0.15) is 0 Å². The van der Waals surface area contributed by atoms with E-state index in [1.165, 1.54) is 75.7 Å². The van der Waals surface area contributed by atoms with Crippen LogP contribution in [-0.2, 0) is 6.54 Å². The first-order chi connectivity index (χ1) is 10.8. The molecule has 1 aromatic carbocycles. The Kier molecular flexibility index (Phi) is 10.8. The molecule has 0 unspecified atom stereocenters. The molecule has 2 nitrogen and oxygen atoms in total. The fourth-order valence-corrected chi connectivity index (χ4v) is 2.86. The molecule has 0 saturated heterocycles. The second-order valence-corrected chi connectivity index (χ2v) is 6.31. The van der Waals surface area contributed by atoms with Crippen LogP contribution >= 0.6 is 0 Å². The summed E-state index contributed by atoms with van der Waals surface area (Å²) in [5.41, 5.74) is 2.76. The Labute approximate surface area is 138 Å². The minimum absolute atomic E-state index is 0.952. The molecule has 0 aromatic heterocycles. The molecule has 0 aliphatic carbocycles. The van der Waals surface area contributed by atoms with Gasteiger partial charge in [0.25, 0.3) is 0 Å². The standard InChI is InChI=1S/C20H36N2/c1-4-6-8-10-16-22(17-11-9-7-5-2)20-14-12-19(13-15-20)18-21-3/h12-15,21H,4-11,16-18H2,1-3H3. The molecular formula is C20H36N2. The number of hydrogen-bond donors (Lipinski definition) is 1. The molecular weight excluding hydrogens is 268 g/mol. The SMILES string of the molecule is CCCCCCN(CCCCCC)c1ccc(CNC)cc1. The lowest BCUT2D eigenvalue weighted by molar-refractivity contribution is 0.609. The van der Waals surface area contributed by atoms with Gasteiger partial charge in [-0.1, -0.05) is 64.5 Å². The van der Waals surface area contributed by atoms with E-state index in [4.69, 9.17) is 0 Å². The Hall–Kier alpha value is -1.02. The molecule has 126 valence electrons. The first kappa shape index (κ1) is 19.0. The summed E-state index contributed by atoms with van der Waals surface area (Å²) in [7, 11) is 2.00. The second-order valence-electron chi connectivity index (χ2n) is 6.31. The van der Waals surface area contributed by atoms with Gasteiger partial charge in [-0.15, -0.1) is 0 Å². The molecule has 0 spiro atoms. The molecule has 0 saturated carbocycles. The van der Waals surface area contributed by atoms with Crippen molar-refractivity contribution in [2.24, 2.45) is 0 Å². The number of benzene rings is 1. The van der Waals surface area contributed by atoms with Crippen molar-refractivity contribution in [3.8, 4) is 0 Å². The van der Waals surface area contributed by atoms with Crippen molar-refractivity contribution in [3.63, 3.8) is 0 Å². The van der Waals surface area contributed by atoms with Crippen molar-refractivity contribution in [1.29, 1.82) is 0 Å². The van der Waals surface area contributed by atoms with E-state index in [0.717, 1.165) is 6.54 Å². The molecule has 1 aromatic rings. The normalized spacial score (nSPS) is 10.9. The van der Waals surface area contributed by atoms with Crippen LogP contribution < -0.4 is 10.2 Å². The Bertz CT molecular complexity index is 346. The van der Waals surface area contributed by atoms with Crippen molar-refractivity contribution in [3.05, 3.63) is 29.8 Å². The number of hydrogen-bond acceptors (Lipinski definition) is 2. The number of rotatable bonds is 13. The molecule has 0 amide bonds. The quantitative estimate of drug-likeness (QED) is 0.493. The van der Waals surface area contributed by atoms with E-state index in [1.54, 1.807) is 0 Å². The van der Waals surface area contributed by atoms with Gasteiger partial charge in [-0.3, -0.25) is 0 Å². The van der Waals surface area contributed by atoms with Crippen LogP contribution in [0, 0.1) is 0 Å². The zero-order valence-corrected chi connectivity index (χ0v) is 15.0. The summed E-state index contributed by atoms with van der Waals surface area (Å²) in [5, 5.41) is 3.22. The van der Waals surface area contributed by atoms with E-state index in [1.807, 2.05) is 7.05 Å². The average molecular weight is 305 g/mol. The number of unbranched alkanes of at least 4 members (excludes halogenated alkanes) is 6. The van der Waals surface area contributed by atoms with Gasteiger partial charge in [0.2, 0.25) is 0 Å². The number of nitrogens with zero attached hydrogens (tertiary/aromatic N) is 1. The zero-order chi connectivity index (χ0) is 16.0. The molecule has 0 atom stereocenters. The van der Waals surface area contributed by atoms with Gasteiger partial charge < -0.3 is 10.2 Å². The van der Waals surface area contributed by atoms with Gasteiger partial charge in [-0.25, -0.2) is 0 Å². The fraction of sp³-hybridized carbons (Fsp3) is 0.700. The van der Waals surface area contributed by atoms with E-state index in [2.05, 4.69) is 48.3 Å². The van der Waals surface area contributed by atoms with Crippen molar-refractivity contribution in [2.75, 3.05) is 25.0 Å². The van der Waals surface area contributed by atoms with E-state index >= 15 is 0 Å². The summed E-state index contributed by atoms with van der Waals surface area (Å²) in [6.07, 6.45) is 10.7. The summed E-state index contributed by atoms with van der Waals surface area (Å²) in [4.78, 5) is 2.59. The predicted octanol–water partition coefficient (Wildman–Crippen LogP) is 5.37. The Balaban J connectivity index is 2.53. The first-order valence-corrected chi connectivity index (χ1v) is 9.30. The van der Waals surface area contributed by atoms with Gasteiger partial charge in [-0.05, 0) is 37.6 Å². The van der Waals surface area contributed by atoms with Gasteiger partial charge in [0.05, 0.1) is 0 Å². The fourth-order valence-electron chi connectivity index (χ4n) is 2.86. The van der Waals surface area contributed by atoms with Crippen molar-refractivity contribution < 1.29 is 0 Å². The Morgan fingerprint density at radius 3 is 1.77 bits per heavy atom. The van der Waals surface area contributed by atoms with Gasteiger partial charge in [0, 0.05) is 25.3 Å². The maximum absolute atomic E-state index is 3.22. The van der Waals surface area contributed by atoms with Crippen molar-refractivity contribution in [1.82, 2.24) is 5.32 Å². The smallest absolute Gasteiger partial charge is 0.0366 e. The van der Waals surface area contributed by atoms with Crippen LogP contribution in [-0.4, -0.2) is 20.1 Å². The minimum Gasteiger partial charge on any atom is -0.372 e. The van der Waals surface area contributed by atoms with E-state index < -0.39 is 0 Å². The van der Waals surface area contributed by atoms with Crippen LogP contribution in [0.2, 0.25) is 0 Å². The lowest BCUT2D eigenvalue weighted by Crippen LogP contribution is -2.25. The highest BCUT2D eigenvalue weighted by molar-refractivity contribution is 5.47. The highest BCUT2D eigenvalue weighted by Crippen LogP contribution is 2.18. The van der Waals surface area contributed by atoms with E-state index in [-0.39, 0.29) is 0 Å². The molecule has 22 heavy (non-hydrogen) atoms. The number of nitrogens with one attached hydrogen (secondary N) is 1. The summed E-state index contributed by atoms with van der Waals surface area (Å²) < 4.78 is 0. The molecule has 0 aliphatic rings. The largest absolute Gasteiger partial charge is 0.372 e. The monoisotopic (exact) mass is 304 g/mol. The van der Waals surface area contributed by atoms with Crippen LogP contribution in [0.1, 0.15) is 70.8 Å². The third-order valence-electron chi connectivity index (χ3n) is 4.25. The topological polar surface area (TPSA) is 15.3 Å². The third-order valence-corrected chi connectivity index (χ3v) is 4.25. The molecule has 0 fully saturated rings. The summed E-state index contributed by atoms with van der Waals surface area (Å²) in [6.45, 7) is 7.92. The number of anilines is 1. The van der Waals surface area contributed by atoms with Crippen molar-refractivity contribution >= 4 is 5.69 Å². The zero-order valence-electron chi connectivity index (χ0n) is 15.0. The lowest BCUT2D eigenvalue weighted by atomic mass is 10.1. The lowest BCUT2D eigenvalue weighted by Gasteiger charge is -2.25. The highest BCUT2D eigenvalue weighted by atomic mass is 15.1. The molecule has 0 radical (unpaired) electrons. The Morgan fingerprint density at radius 2 is 1.32 bits per heavy atom. The van der Waals surface area contributed by atoms with Crippen LogP contribution in [0.4, 0.5) is 5.69 Å². The van der Waals surface area contributed by atoms with E-state index in [9.17, 15) is 0 Å². The Morgan fingerprint density at radius 1 is 0.773 bits per heavy atom. The van der Waals surface area contributed by atoms with Gasteiger partial charge >= 0.3 is 0 Å². The molecule has 2 heteroatoms. The van der Waals surface area contributed by atoms with Gasteiger partial charge in [0.1, 0.15) is 0 Å². The highest BCUT2D eigenvalue weighted by Gasteiger charge is 2.06. The molecule has 1 rings (SSSR count). The molecule has 0 heterocycles. The maximum atomic E-state index is 3.22.